The van der Waals surface area contributed by atoms with Crippen LogP contribution in [-0.2, 0) is 38.0 Å². The molecule has 0 saturated carbocycles. The van der Waals surface area contributed by atoms with Gasteiger partial charge < -0.3 is 64.2 Å². The number of esters is 2. The number of rotatable bonds is 50. The maximum Gasteiger partial charge on any atom is 0.306 e. The molecule has 2 saturated heterocycles. The smallest absolute Gasteiger partial charge is 0.306 e. The Balaban J connectivity index is 1.72. The van der Waals surface area contributed by atoms with Crippen LogP contribution in [0.5, 0.6) is 0 Å². The van der Waals surface area contributed by atoms with Gasteiger partial charge in [-0.2, -0.15) is 0 Å². The van der Waals surface area contributed by atoms with Crippen molar-refractivity contribution in [2.75, 3.05) is 26.4 Å². The van der Waals surface area contributed by atoms with E-state index in [-0.39, 0.29) is 26.1 Å². The standard InChI is InChI=1S/C61H112O15/c1-3-5-7-9-11-13-15-17-19-21-23-24-26-27-29-31-33-35-37-39-41-43-52(63)71-46-49(74-53(64)44-42-40-38-36-34-32-30-28-25-22-20-18-16-14-12-10-8-6-4-2)47-72-60-59(70)57(68)55(66)51(76-60)48-73-61-58(69)56(67)54(65)50(45-62)75-61/h17-20,49-51,54-62,65-70H,3-16,21-48H2,1-2H3/b19-17+,20-18+/t49-,50+,51+,54-,55-,56?,57?,58?,59?,60+,61+/m0/s1. The minimum absolute atomic E-state index is 0.166. The van der Waals surface area contributed by atoms with Gasteiger partial charge in [0.25, 0.3) is 0 Å². The molecule has 0 bridgehead atoms. The molecule has 0 amide bonds. The number of hydrogen-bond donors (Lipinski definition) is 7. The highest BCUT2D eigenvalue weighted by molar-refractivity contribution is 5.70. The van der Waals surface area contributed by atoms with E-state index in [4.69, 9.17) is 28.4 Å². The summed E-state index contributed by atoms with van der Waals surface area (Å²) in [5, 5.41) is 72.4. The van der Waals surface area contributed by atoms with E-state index in [2.05, 4.69) is 38.2 Å². The van der Waals surface area contributed by atoms with E-state index in [1.165, 1.54) is 173 Å². The van der Waals surface area contributed by atoms with Gasteiger partial charge in [-0.25, -0.2) is 0 Å². The Morgan fingerprint density at radius 3 is 1.16 bits per heavy atom. The fourth-order valence-corrected chi connectivity index (χ4v) is 9.86. The molecule has 2 heterocycles. The SMILES string of the molecule is CCCCCCCC/C=C/CCCCCCCCCCCCCC(=O)OC[C@@H](CO[C@@H]1O[C@H](CO[C@@H]2O[C@H](CO)[C@H](O)C(O)C2O)[C@H](O)C(O)C1O)OC(=O)CCCCCCCCCCC/C=C/CCCCCCCC. The van der Waals surface area contributed by atoms with Gasteiger partial charge in [0, 0.05) is 12.8 Å². The first-order chi connectivity index (χ1) is 37.0. The zero-order chi connectivity index (χ0) is 55.3. The molecule has 7 N–H and O–H groups in total. The molecule has 0 aromatic heterocycles. The summed E-state index contributed by atoms with van der Waals surface area (Å²) in [6.07, 6.45) is 36.2. The fraction of sp³-hybridized carbons (Fsp3) is 0.902. The predicted octanol–water partition coefficient (Wildman–Crippen LogP) is 11.1. The van der Waals surface area contributed by atoms with Crippen LogP contribution < -0.4 is 0 Å². The van der Waals surface area contributed by atoms with Crippen LogP contribution in [0.25, 0.3) is 0 Å². The van der Waals surface area contributed by atoms with Gasteiger partial charge >= 0.3 is 11.9 Å². The highest BCUT2D eigenvalue weighted by Gasteiger charge is 2.47. The first-order valence-electron chi connectivity index (χ1n) is 30.9. The Morgan fingerprint density at radius 1 is 0.408 bits per heavy atom. The topological polar surface area (TPSA) is 231 Å². The molecule has 2 rings (SSSR count). The highest BCUT2D eigenvalue weighted by Crippen LogP contribution is 2.27. The van der Waals surface area contributed by atoms with Crippen LogP contribution >= 0.6 is 0 Å². The van der Waals surface area contributed by atoms with Gasteiger partial charge in [-0.05, 0) is 64.2 Å². The molecule has 0 aromatic carbocycles. The van der Waals surface area contributed by atoms with Crippen molar-refractivity contribution in [3.05, 3.63) is 24.3 Å². The summed E-state index contributed by atoms with van der Waals surface area (Å²) in [6.45, 7) is 2.63. The molecule has 76 heavy (non-hydrogen) atoms. The Labute approximate surface area is 460 Å². The first-order valence-corrected chi connectivity index (χ1v) is 30.9. The number of unbranched alkanes of at least 4 members (excludes halogenated alkanes) is 32. The van der Waals surface area contributed by atoms with Gasteiger partial charge in [-0.1, -0.05) is 205 Å². The lowest BCUT2D eigenvalue weighted by molar-refractivity contribution is -0.332. The molecule has 2 fully saturated rings. The van der Waals surface area contributed by atoms with Crippen LogP contribution in [-0.4, -0.2) is 142 Å². The Hall–Kier alpha value is -2.02. The summed E-state index contributed by atoms with van der Waals surface area (Å²) in [7, 11) is 0. The summed E-state index contributed by atoms with van der Waals surface area (Å²) >= 11 is 0. The summed E-state index contributed by atoms with van der Waals surface area (Å²) < 4.78 is 33.8. The van der Waals surface area contributed by atoms with Crippen LogP contribution in [0.15, 0.2) is 24.3 Å². The van der Waals surface area contributed by atoms with Gasteiger partial charge in [0.05, 0.1) is 19.8 Å². The van der Waals surface area contributed by atoms with Gasteiger partial charge in [0.15, 0.2) is 18.7 Å². The molecule has 4 unspecified atom stereocenters. The van der Waals surface area contributed by atoms with Crippen LogP contribution in [0.2, 0.25) is 0 Å². The fourth-order valence-electron chi connectivity index (χ4n) is 9.86. The molecule has 15 nitrogen and oxygen atoms in total. The zero-order valence-electron chi connectivity index (χ0n) is 47.8. The van der Waals surface area contributed by atoms with Crippen LogP contribution in [0.4, 0.5) is 0 Å². The summed E-state index contributed by atoms with van der Waals surface area (Å²) in [5.74, 6) is -0.915. The third kappa shape index (κ3) is 34.2. The highest BCUT2D eigenvalue weighted by atomic mass is 16.7. The third-order valence-corrected chi connectivity index (χ3v) is 14.9. The molecule has 0 spiro atoms. The van der Waals surface area contributed by atoms with E-state index in [1.54, 1.807) is 0 Å². The average Bonchev–Trinajstić information content (AvgIpc) is 3.42. The lowest BCUT2D eigenvalue weighted by Crippen LogP contribution is -2.61. The summed E-state index contributed by atoms with van der Waals surface area (Å²) in [6, 6.07) is 0. The van der Waals surface area contributed by atoms with Crippen LogP contribution in [0.1, 0.15) is 258 Å². The van der Waals surface area contributed by atoms with E-state index >= 15 is 0 Å². The van der Waals surface area contributed by atoms with E-state index in [0.29, 0.717) is 12.8 Å². The number of hydrogen-bond acceptors (Lipinski definition) is 15. The summed E-state index contributed by atoms with van der Waals surface area (Å²) in [5.41, 5.74) is 0. The van der Waals surface area contributed by atoms with Crippen molar-refractivity contribution in [1.82, 2.24) is 0 Å². The second-order valence-electron chi connectivity index (χ2n) is 21.9. The molecular formula is C61H112O15. The lowest BCUT2D eigenvalue weighted by Gasteiger charge is -2.42. The Bertz CT molecular complexity index is 1410. The second-order valence-corrected chi connectivity index (χ2v) is 21.9. The zero-order valence-corrected chi connectivity index (χ0v) is 47.8. The van der Waals surface area contributed by atoms with E-state index in [1.807, 2.05) is 0 Å². The van der Waals surface area contributed by atoms with Crippen LogP contribution in [0, 0.1) is 0 Å². The minimum Gasteiger partial charge on any atom is -0.462 e. The number of allylic oxidation sites excluding steroid dienone is 4. The molecule has 2 aliphatic rings. The molecule has 0 aromatic rings. The normalized spacial score (nSPS) is 24.4. The van der Waals surface area contributed by atoms with Gasteiger partial charge in [-0.3, -0.25) is 9.59 Å². The van der Waals surface area contributed by atoms with E-state index in [0.717, 1.165) is 44.9 Å². The third-order valence-electron chi connectivity index (χ3n) is 14.9. The number of carbonyl (C=O) groups is 2. The average molecular weight is 1090 g/mol. The largest absolute Gasteiger partial charge is 0.462 e. The van der Waals surface area contributed by atoms with Crippen molar-refractivity contribution >= 4 is 11.9 Å². The van der Waals surface area contributed by atoms with Crippen molar-refractivity contribution in [3.8, 4) is 0 Å². The number of aliphatic hydroxyl groups is 7. The van der Waals surface area contributed by atoms with Crippen molar-refractivity contribution < 1.29 is 73.8 Å². The Kier molecular flexibility index (Phi) is 44.0. The van der Waals surface area contributed by atoms with Gasteiger partial charge in [0.2, 0.25) is 0 Å². The molecular weight excluding hydrogens is 973 g/mol. The van der Waals surface area contributed by atoms with Crippen molar-refractivity contribution in [2.24, 2.45) is 0 Å². The maximum atomic E-state index is 13.1. The minimum atomic E-state index is -1.76. The number of carbonyl (C=O) groups excluding carboxylic acids is 2. The maximum absolute atomic E-state index is 13.1. The molecule has 0 radical (unpaired) electrons. The lowest BCUT2D eigenvalue weighted by atomic mass is 9.98. The van der Waals surface area contributed by atoms with Crippen molar-refractivity contribution in [1.29, 1.82) is 0 Å². The Morgan fingerprint density at radius 2 is 0.750 bits per heavy atom. The van der Waals surface area contributed by atoms with Gasteiger partial charge in [-0.15, -0.1) is 0 Å². The van der Waals surface area contributed by atoms with E-state index < -0.39 is 92.7 Å². The second kappa shape index (κ2) is 47.8. The predicted molar refractivity (Wildman–Crippen MR) is 298 cm³/mol. The van der Waals surface area contributed by atoms with Crippen molar-refractivity contribution in [2.45, 2.75) is 325 Å². The van der Waals surface area contributed by atoms with E-state index in [9.17, 15) is 45.3 Å². The molecule has 0 aliphatic carbocycles. The van der Waals surface area contributed by atoms with Crippen LogP contribution in [0.3, 0.4) is 0 Å². The van der Waals surface area contributed by atoms with Crippen molar-refractivity contribution in [3.63, 3.8) is 0 Å². The number of ether oxygens (including phenoxy) is 6. The number of aliphatic hydroxyl groups excluding tert-OH is 7. The molecule has 2 aliphatic heterocycles. The molecule has 11 atom stereocenters. The summed E-state index contributed by atoms with van der Waals surface area (Å²) in [4.78, 5) is 25.9. The quantitative estimate of drug-likeness (QED) is 0.0171. The first kappa shape index (κ1) is 70.1. The van der Waals surface area contributed by atoms with Gasteiger partial charge in [0.1, 0.15) is 55.4 Å². The molecule has 15 heteroatoms. The molecule has 446 valence electrons. The monoisotopic (exact) mass is 1080 g/mol.